The van der Waals surface area contributed by atoms with Crippen LogP contribution in [0.15, 0.2) is 42.5 Å². The molecule has 2 aromatic rings. The minimum absolute atomic E-state index is 0.0588. The molecule has 0 atom stereocenters. The molecule has 2 rings (SSSR count). The van der Waals surface area contributed by atoms with Crippen molar-refractivity contribution in [3.05, 3.63) is 65.0 Å². The maximum atomic E-state index is 13.7. The second-order valence-electron chi connectivity index (χ2n) is 4.69. The van der Waals surface area contributed by atoms with Crippen molar-refractivity contribution in [3.8, 4) is 5.75 Å². The lowest BCUT2D eigenvalue weighted by Crippen LogP contribution is -2.24. The molecule has 1 amide bonds. The average molecular weight is 327 g/mol. The van der Waals surface area contributed by atoms with E-state index in [2.05, 4.69) is 5.32 Å². The van der Waals surface area contributed by atoms with Gasteiger partial charge in [0, 0.05) is 12.1 Å². The van der Waals surface area contributed by atoms with E-state index in [4.69, 9.17) is 4.74 Å². The Kier molecular flexibility index (Phi) is 4.88. The lowest BCUT2D eigenvalue weighted by atomic mass is 10.1. The number of carbonyl (C=O) groups excluding carboxylic acids is 1. The zero-order valence-electron chi connectivity index (χ0n) is 12.1. The summed E-state index contributed by atoms with van der Waals surface area (Å²) in [7, 11) is 1.47. The molecule has 0 radical (unpaired) electrons. The molecule has 0 bridgehead atoms. The van der Waals surface area contributed by atoms with E-state index < -0.39 is 29.0 Å². The van der Waals surface area contributed by atoms with Crippen LogP contribution in [0, 0.1) is 5.82 Å². The predicted octanol–water partition coefficient (Wildman–Crippen LogP) is 3.78. The third-order valence-corrected chi connectivity index (χ3v) is 3.17. The molecule has 0 aliphatic heterocycles. The standard InChI is InChI=1S/C16H13F4NO2/c1-23-14-5-3-2-4-10(14)9-21-15(22)12-7-6-11(8-13(12)17)16(18,19)20/h2-8H,9H2,1H3,(H,21,22). The van der Waals surface area contributed by atoms with Crippen LogP contribution in [0.25, 0.3) is 0 Å². The van der Waals surface area contributed by atoms with Crippen molar-refractivity contribution in [3.63, 3.8) is 0 Å². The van der Waals surface area contributed by atoms with Crippen LogP contribution in [0.4, 0.5) is 17.6 Å². The minimum Gasteiger partial charge on any atom is -0.496 e. The lowest BCUT2D eigenvalue weighted by Gasteiger charge is -2.11. The topological polar surface area (TPSA) is 38.3 Å². The van der Waals surface area contributed by atoms with Gasteiger partial charge < -0.3 is 10.1 Å². The largest absolute Gasteiger partial charge is 0.496 e. The second kappa shape index (κ2) is 6.68. The van der Waals surface area contributed by atoms with Gasteiger partial charge in [-0.1, -0.05) is 18.2 Å². The van der Waals surface area contributed by atoms with E-state index in [1.165, 1.54) is 7.11 Å². The number of amides is 1. The summed E-state index contributed by atoms with van der Waals surface area (Å²) in [5.74, 6) is -1.49. The summed E-state index contributed by atoms with van der Waals surface area (Å²) in [5, 5.41) is 2.45. The van der Waals surface area contributed by atoms with E-state index in [-0.39, 0.29) is 6.54 Å². The van der Waals surface area contributed by atoms with E-state index in [1.54, 1.807) is 24.3 Å². The van der Waals surface area contributed by atoms with Crippen molar-refractivity contribution in [2.75, 3.05) is 7.11 Å². The fourth-order valence-electron chi connectivity index (χ4n) is 2.00. The monoisotopic (exact) mass is 327 g/mol. The normalized spacial score (nSPS) is 11.2. The van der Waals surface area contributed by atoms with Crippen LogP contribution in [0.1, 0.15) is 21.5 Å². The van der Waals surface area contributed by atoms with Crippen molar-refractivity contribution in [2.24, 2.45) is 0 Å². The van der Waals surface area contributed by atoms with Gasteiger partial charge in [0.25, 0.3) is 5.91 Å². The molecule has 0 aliphatic carbocycles. The van der Waals surface area contributed by atoms with Gasteiger partial charge in [-0.2, -0.15) is 13.2 Å². The first-order valence-electron chi connectivity index (χ1n) is 6.59. The quantitative estimate of drug-likeness (QED) is 0.868. The number of ether oxygens (including phenoxy) is 1. The smallest absolute Gasteiger partial charge is 0.416 e. The van der Waals surface area contributed by atoms with E-state index in [1.807, 2.05) is 0 Å². The molecular formula is C16H13F4NO2. The van der Waals surface area contributed by atoms with E-state index in [0.29, 0.717) is 23.4 Å². The molecule has 23 heavy (non-hydrogen) atoms. The summed E-state index contributed by atoms with van der Waals surface area (Å²) in [6.45, 7) is 0.0588. The molecule has 0 unspecified atom stereocenters. The van der Waals surface area contributed by atoms with Gasteiger partial charge in [-0.3, -0.25) is 4.79 Å². The Morgan fingerprint density at radius 3 is 2.48 bits per heavy atom. The summed E-state index contributed by atoms with van der Waals surface area (Å²) in [4.78, 5) is 11.9. The molecule has 0 fully saturated rings. The Morgan fingerprint density at radius 1 is 1.17 bits per heavy atom. The summed E-state index contributed by atoms with van der Waals surface area (Å²) in [6, 6.07) is 8.68. The van der Waals surface area contributed by atoms with Crippen LogP contribution in [0.5, 0.6) is 5.75 Å². The molecule has 0 aliphatic rings. The van der Waals surface area contributed by atoms with Crippen LogP contribution >= 0.6 is 0 Å². The van der Waals surface area contributed by atoms with Crippen molar-refractivity contribution in [2.45, 2.75) is 12.7 Å². The average Bonchev–Trinajstić information content (AvgIpc) is 2.51. The van der Waals surface area contributed by atoms with E-state index >= 15 is 0 Å². The highest BCUT2D eigenvalue weighted by Gasteiger charge is 2.31. The summed E-state index contributed by atoms with van der Waals surface area (Å²) >= 11 is 0. The first-order chi connectivity index (χ1) is 10.8. The van der Waals surface area contributed by atoms with Crippen molar-refractivity contribution >= 4 is 5.91 Å². The Labute approximate surface area is 129 Å². The van der Waals surface area contributed by atoms with E-state index in [0.717, 1.165) is 6.07 Å². The SMILES string of the molecule is COc1ccccc1CNC(=O)c1ccc(C(F)(F)F)cc1F. The Bertz CT molecular complexity index is 713. The molecule has 3 nitrogen and oxygen atoms in total. The van der Waals surface area contributed by atoms with Crippen LogP contribution in [0.2, 0.25) is 0 Å². The zero-order valence-corrected chi connectivity index (χ0v) is 12.1. The van der Waals surface area contributed by atoms with Gasteiger partial charge in [0.2, 0.25) is 0 Å². The second-order valence-corrected chi connectivity index (χ2v) is 4.69. The Morgan fingerprint density at radius 2 is 1.87 bits per heavy atom. The third kappa shape index (κ3) is 4.00. The van der Waals surface area contributed by atoms with Crippen LogP contribution < -0.4 is 10.1 Å². The highest BCUT2D eigenvalue weighted by atomic mass is 19.4. The Hall–Kier alpha value is -2.57. The van der Waals surface area contributed by atoms with E-state index in [9.17, 15) is 22.4 Å². The van der Waals surface area contributed by atoms with Gasteiger partial charge in [0.15, 0.2) is 0 Å². The molecule has 122 valence electrons. The van der Waals surface area contributed by atoms with Crippen molar-refractivity contribution in [1.82, 2.24) is 5.32 Å². The number of carbonyl (C=O) groups is 1. The van der Waals surface area contributed by atoms with Crippen LogP contribution in [-0.2, 0) is 12.7 Å². The highest BCUT2D eigenvalue weighted by Crippen LogP contribution is 2.30. The van der Waals surface area contributed by atoms with Crippen molar-refractivity contribution in [1.29, 1.82) is 0 Å². The van der Waals surface area contributed by atoms with Crippen molar-refractivity contribution < 1.29 is 27.1 Å². The number of rotatable bonds is 4. The number of halogens is 4. The lowest BCUT2D eigenvalue weighted by molar-refractivity contribution is -0.137. The molecule has 1 N–H and O–H groups in total. The molecule has 7 heteroatoms. The van der Waals surface area contributed by atoms with Crippen LogP contribution in [0.3, 0.4) is 0 Å². The number of methoxy groups -OCH3 is 1. The molecule has 0 saturated carbocycles. The minimum atomic E-state index is -4.66. The van der Waals surface area contributed by atoms with Gasteiger partial charge in [-0.05, 0) is 24.3 Å². The van der Waals surface area contributed by atoms with Crippen LogP contribution in [-0.4, -0.2) is 13.0 Å². The summed E-state index contributed by atoms with van der Waals surface area (Å²) < 4.78 is 56.2. The zero-order chi connectivity index (χ0) is 17.0. The van der Waals surface area contributed by atoms with Gasteiger partial charge in [-0.15, -0.1) is 0 Å². The number of para-hydroxylation sites is 1. The van der Waals surface area contributed by atoms with Gasteiger partial charge >= 0.3 is 6.18 Å². The maximum absolute atomic E-state index is 13.7. The first kappa shape index (κ1) is 16.8. The summed E-state index contributed by atoms with van der Waals surface area (Å²) in [6.07, 6.45) is -4.66. The number of benzene rings is 2. The molecule has 2 aromatic carbocycles. The third-order valence-electron chi connectivity index (χ3n) is 3.17. The molecule has 0 saturated heterocycles. The fourth-order valence-corrected chi connectivity index (χ4v) is 2.00. The molecular weight excluding hydrogens is 314 g/mol. The maximum Gasteiger partial charge on any atom is 0.416 e. The highest BCUT2D eigenvalue weighted by molar-refractivity contribution is 5.94. The molecule has 0 spiro atoms. The van der Waals surface area contributed by atoms with Gasteiger partial charge in [0.05, 0.1) is 18.2 Å². The molecule has 0 aromatic heterocycles. The van der Waals surface area contributed by atoms with Gasteiger partial charge in [0.1, 0.15) is 11.6 Å². The Balaban J connectivity index is 2.12. The summed E-state index contributed by atoms with van der Waals surface area (Å²) in [5.41, 5.74) is -0.931. The van der Waals surface area contributed by atoms with Gasteiger partial charge in [-0.25, -0.2) is 4.39 Å². The fraction of sp³-hybridized carbons (Fsp3) is 0.188. The number of hydrogen-bond acceptors (Lipinski definition) is 2. The number of hydrogen-bond donors (Lipinski definition) is 1. The predicted molar refractivity (Wildman–Crippen MR) is 75.6 cm³/mol. The molecule has 0 heterocycles. The first-order valence-corrected chi connectivity index (χ1v) is 6.59. The number of nitrogens with one attached hydrogen (secondary N) is 1. The number of alkyl halides is 3.